The highest BCUT2D eigenvalue weighted by Crippen LogP contribution is 2.20. The molecule has 3 N–H and O–H groups in total. The van der Waals surface area contributed by atoms with E-state index in [1.54, 1.807) is 25.1 Å². The summed E-state index contributed by atoms with van der Waals surface area (Å²) in [6.45, 7) is 2.36. The summed E-state index contributed by atoms with van der Waals surface area (Å²) >= 11 is 12.0. The van der Waals surface area contributed by atoms with E-state index < -0.39 is 12.1 Å². The Balaban J connectivity index is 2.08. The molecular formula is C17H22Cl2N6O3. The fourth-order valence-corrected chi connectivity index (χ4v) is 2.99. The number of ether oxygens (including phenoxy) is 1. The predicted octanol–water partition coefficient (Wildman–Crippen LogP) is 1.68. The van der Waals surface area contributed by atoms with E-state index in [4.69, 9.17) is 33.7 Å². The number of nitrogens with two attached hydrogens (primary N) is 1. The number of rotatable bonds is 11. The molecule has 0 radical (unpaired) electrons. The maximum atomic E-state index is 12.1. The predicted molar refractivity (Wildman–Crippen MR) is 104 cm³/mol. The van der Waals surface area contributed by atoms with Gasteiger partial charge in [0, 0.05) is 23.0 Å². The number of tetrazole rings is 1. The van der Waals surface area contributed by atoms with E-state index in [0.29, 0.717) is 35.3 Å². The summed E-state index contributed by atoms with van der Waals surface area (Å²) in [6, 6.07) is 3.80. The first-order valence-corrected chi connectivity index (χ1v) is 9.44. The summed E-state index contributed by atoms with van der Waals surface area (Å²) in [4.78, 5) is 22.6. The van der Waals surface area contributed by atoms with Crippen LogP contribution in [-0.4, -0.2) is 45.0 Å². The average molecular weight is 429 g/mol. The number of nitrogens with one attached hydrogen (secondary N) is 1. The zero-order valence-corrected chi connectivity index (χ0v) is 16.9. The Bertz CT molecular complexity index is 779. The number of carbonyl (C=O) groups excluding carboxylic acids is 2. The SMILES string of the molecule is CC(N)C(=O)NC(COCc1cc(Cl)cc(Cl)c1)c1nnnn1CCCC=O. The van der Waals surface area contributed by atoms with Gasteiger partial charge in [0.15, 0.2) is 5.82 Å². The maximum Gasteiger partial charge on any atom is 0.237 e. The van der Waals surface area contributed by atoms with Gasteiger partial charge in [0.25, 0.3) is 0 Å². The van der Waals surface area contributed by atoms with Gasteiger partial charge < -0.3 is 20.6 Å². The third-order valence-electron chi connectivity index (χ3n) is 3.77. The standard InChI is InChI=1S/C17H22Cl2N6O3/c1-11(20)17(27)21-15(16-22-23-24-25(16)4-2-3-5-26)10-28-9-12-6-13(18)8-14(19)7-12/h5-8,11,15H,2-4,9-10,20H2,1H3,(H,21,27). The van der Waals surface area contributed by atoms with E-state index in [0.717, 1.165) is 11.8 Å². The highest BCUT2D eigenvalue weighted by molar-refractivity contribution is 6.34. The molecule has 9 nitrogen and oxygen atoms in total. The van der Waals surface area contributed by atoms with Crippen LogP contribution >= 0.6 is 23.2 Å². The molecule has 152 valence electrons. The first-order valence-electron chi connectivity index (χ1n) is 8.69. The van der Waals surface area contributed by atoms with E-state index in [9.17, 15) is 9.59 Å². The Morgan fingerprint density at radius 3 is 2.71 bits per heavy atom. The minimum atomic E-state index is -0.700. The van der Waals surface area contributed by atoms with Crippen molar-refractivity contribution in [2.24, 2.45) is 5.73 Å². The van der Waals surface area contributed by atoms with Crippen LogP contribution in [0, 0.1) is 0 Å². The van der Waals surface area contributed by atoms with E-state index in [2.05, 4.69) is 20.8 Å². The maximum absolute atomic E-state index is 12.1. The van der Waals surface area contributed by atoms with Crippen LogP contribution < -0.4 is 11.1 Å². The lowest BCUT2D eigenvalue weighted by Crippen LogP contribution is -2.42. The van der Waals surface area contributed by atoms with Crippen LogP contribution in [0.5, 0.6) is 0 Å². The lowest BCUT2D eigenvalue weighted by atomic mass is 10.2. The van der Waals surface area contributed by atoms with Crippen LogP contribution in [0.1, 0.15) is 37.2 Å². The zero-order chi connectivity index (χ0) is 20.5. The number of amides is 1. The third-order valence-corrected chi connectivity index (χ3v) is 4.21. The number of aldehydes is 1. The Morgan fingerprint density at radius 1 is 1.36 bits per heavy atom. The molecule has 0 saturated heterocycles. The van der Waals surface area contributed by atoms with Crippen molar-refractivity contribution in [3.05, 3.63) is 39.6 Å². The van der Waals surface area contributed by atoms with Crippen molar-refractivity contribution in [2.45, 2.75) is 45.0 Å². The number of halogens is 2. The van der Waals surface area contributed by atoms with Gasteiger partial charge >= 0.3 is 0 Å². The molecular weight excluding hydrogens is 407 g/mol. The van der Waals surface area contributed by atoms with Crippen molar-refractivity contribution < 1.29 is 14.3 Å². The van der Waals surface area contributed by atoms with E-state index >= 15 is 0 Å². The lowest BCUT2D eigenvalue weighted by Gasteiger charge is -2.19. The molecule has 2 unspecified atom stereocenters. The van der Waals surface area contributed by atoms with Crippen molar-refractivity contribution in [3.63, 3.8) is 0 Å². The quantitative estimate of drug-likeness (QED) is 0.411. The van der Waals surface area contributed by atoms with Gasteiger partial charge in [0.2, 0.25) is 5.91 Å². The van der Waals surface area contributed by atoms with Crippen molar-refractivity contribution in [1.82, 2.24) is 25.5 Å². The highest BCUT2D eigenvalue weighted by atomic mass is 35.5. The fraction of sp³-hybridized carbons (Fsp3) is 0.471. The minimum absolute atomic E-state index is 0.108. The van der Waals surface area contributed by atoms with E-state index in [-0.39, 0.29) is 19.1 Å². The van der Waals surface area contributed by atoms with E-state index in [1.807, 2.05) is 0 Å². The second-order valence-corrected chi connectivity index (χ2v) is 7.08. The first-order chi connectivity index (χ1) is 13.4. The molecule has 1 amide bonds. The van der Waals surface area contributed by atoms with Gasteiger partial charge in [-0.05, 0) is 47.5 Å². The molecule has 2 rings (SSSR count). The average Bonchev–Trinajstić information content (AvgIpc) is 3.08. The Kier molecular flexibility index (Phi) is 8.78. The van der Waals surface area contributed by atoms with Crippen LogP contribution in [0.25, 0.3) is 0 Å². The van der Waals surface area contributed by atoms with Crippen LogP contribution in [0.15, 0.2) is 18.2 Å². The monoisotopic (exact) mass is 428 g/mol. The number of carbonyl (C=O) groups is 2. The fourth-order valence-electron chi connectivity index (χ4n) is 2.42. The van der Waals surface area contributed by atoms with Crippen molar-refractivity contribution in [2.75, 3.05) is 6.61 Å². The van der Waals surface area contributed by atoms with Gasteiger partial charge in [-0.15, -0.1) is 5.10 Å². The zero-order valence-electron chi connectivity index (χ0n) is 15.3. The Labute approximate surface area is 172 Å². The summed E-state index contributed by atoms with van der Waals surface area (Å²) in [5.41, 5.74) is 6.44. The number of aryl methyl sites for hydroxylation is 1. The number of benzene rings is 1. The van der Waals surface area contributed by atoms with Crippen molar-refractivity contribution >= 4 is 35.4 Å². The third kappa shape index (κ3) is 6.83. The summed E-state index contributed by atoms with van der Waals surface area (Å²) in [5, 5.41) is 15.4. The summed E-state index contributed by atoms with van der Waals surface area (Å²) < 4.78 is 7.28. The molecule has 2 atom stereocenters. The smallest absolute Gasteiger partial charge is 0.237 e. The first kappa shape index (κ1) is 22.2. The molecule has 1 heterocycles. The molecule has 1 aromatic heterocycles. The van der Waals surface area contributed by atoms with Gasteiger partial charge in [-0.3, -0.25) is 4.79 Å². The van der Waals surface area contributed by atoms with Crippen LogP contribution in [0.4, 0.5) is 0 Å². The molecule has 11 heteroatoms. The summed E-state index contributed by atoms with van der Waals surface area (Å²) in [6.07, 6.45) is 1.80. The molecule has 0 bridgehead atoms. The number of hydrogen-bond donors (Lipinski definition) is 2. The molecule has 0 fully saturated rings. The summed E-state index contributed by atoms with van der Waals surface area (Å²) in [5.74, 6) is 0.0610. The van der Waals surface area contributed by atoms with Crippen molar-refractivity contribution in [3.8, 4) is 0 Å². The molecule has 0 spiro atoms. The largest absolute Gasteiger partial charge is 0.374 e. The molecule has 2 aromatic rings. The second-order valence-electron chi connectivity index (χ2n) is 6.21. The van der Waals surface area contributed by atoms with Gasteiger partial charge in [-0.1, -0.05) is 23.2 Å². The number of hydrogen-bond acceptors (Lipinski definition) is 7. The molecule has 0 saturated carbocycles. The number of unbranched alkanes of at least 4 members (excludes halogenated alkanes) is 1. The molecule has 0 aliphatic rings. The normalized spacial score (nSPS) is 13.1. The number of aromatic nitrogens is 4. The highest BCUT2D eigenvalue weighted by Gasteiger charge is 2.23. The molecule has 28 heavy (non-hydrogen) atoms. The molecule has 0 aliphatic heterocycles. The van der Waals surface area contributed by atoms with Crippen LogP contribution in [-0.2, 0) is 27.5 Å². The van der Waals surface area contributed by atoms with Crippen molar-refractivity contribution in [1.29, 1.82) is 0 Å². The van der Waals surface area contributed by atoms with Gasteiger partial charge in [-0.2, -0.15) is 0 Å². The Morgan fingerprint density at radius 2 is 2.07 bits per heavy atom. The second kappa shape index (κ2) is 11.1. The Hall–Kier alpha value is -2.07. The lowest BCUT2D eigenvalue weighted by molar-refractivity contribution is -0.123. The minimum Gasteiger partial charge on any atom is -0.374 e. The van der Waals surface area contributed by atoms with E-state index in [1.165, 1.54) is 4.68 Å². The topological polar surface area (TPSA) is 125 Å². The molecule has 0 aliphatic carbocycles. The number of nitrogens with zero attached hydrogens (tertiary/aromatic N) is 4. The van der Waals surface area contributed by atoms with Gasteiger partial charge in [0.05, 0.1) is 19.3 Å². The van der Waals surface area contributed by atoms with Crippen LogP contribution in [0.3, 0.4) is 0 Å². The van der Waals surface area contributed by atoms with Crippen LogP contribution in [0.2, 0.25) is 10.0 Å². The van der Waals surface area contributed by atoms with Gasteiger partial charge in [0.1, 0.15) is 12.3 Å². The molecule has 1 aromatic carbocycles. The summed E-state index contributed by atoms with van der Waals surface area (Å²) in [7, 11) is 0. The van der Waals surface area contributed by atoms with Gasteiger partial charge in [-0.25, -0.2) is 4.68 Å².